The van der Waals surface area contributed by atoms with Crippen molar-refractivity contribution >= 4 is 47.2 Å². The van der Waals surface area contributed by atoms with Gasteiger partial charge in [0, 0.05) is 41.7 Å². The molecule has 2 aromatic carbocycles. The summed E-state index contributed by atoms with van der Waals surface area (Å²) < 4.78 is 13.2. The number of amides is 3. The number of imidazole rings is 1. The molecule has 3 aromatic rings. The second kappa shape index (κ2) is 13.7. The van der Waals surface area contributed by atoms with Gasteiger partial charge in [-0.15, -0.1) is 23.5 Å². The molecule has 3 aliphatic heterocycles. The standard InChI is InChI=1S/C27H24FN3O5S2.C3H4N2/c28-19-8-6-16(7-9-19)13-30-11-10-17(24(30)33)12-18-14-38-26-22(25(34)31(26)23(18)27(35)36)29-21(32)15-37-20-4-2-1-3-5-20;1-2-5-3-4-1/h1-9,12,22,26H,10-11,13-15H2,(H,29,32)(H,35,36);1-3H,(H,4,5)/b17-12+;/t22-,26-;/m1./s1. The molecule has 2 atom stereocenters. The van der Waals surface area contributed by atoms with Crippen molar-refractivity contribution in [2.75, 3.05) is 18.1 Å². The van der Waals surface area contributed by atoms with Gasteiger partial charge in [0.1, 0.15) is 22.9 Å². The van der Waals surface area contributed by atoms with Gasteiger partial charge in [0.2, 0.25) is 11.8 Å². The largest absolute Gasteiger partial charge is 0.477 e. The number of carbonyl (C=O) groups excluding carboxylic acids is 3. The molecule has 13 heteroatoms. The van der Waals surface area contributed by atoms with Gasteiger partial charge < -0.3 is 20.3 Å². The summed E-state index contributed by atoms with van der Waals surface area (Å²) in [6.07, 6.45) is 7.10. The Morgan fingerprint density at radius 2 is 1.93 bits per heavy atom. The maximum absolute atomic E-state index is 13.2. The van der Waals surface area contributed by atoms with Crippen LogP contribution in [0.4, 0.5) is 4.39 Å². The molecule has 0 spiro atoms. The fourth-order valence-electron chi connectivity index (χ4n) is 4.82. The lowest BCUT2D eigenvalue weighted by Gasteiger charge is -2.49. The summed E-state index contributed by atoms with van der Waals surface area (Å²) in [7, 11) is 0. The number of H-pyrrole nitrogens is 1. The van der Waals surface area contributed by atoms with Crippen LogP contribution in [0.25, 0.3) is 0 Å². The van der Waals surface area contributed by atoms with Gasteiger partial charge in [-0.05, 0) is 47.9 Å². The van der Waals surface area contributed by atoms with Gasteiger partial charge in [-0.2, -0.15) is 0 Å². The Bertz CT molecular complexity index is 1530. The van der Waals surface area contributed by atoms with Crippen LogP contribution in [-0.4, -0.2) is 78.0 Å². The van der Waals surface area contributed by atoms with Crippen molar-refractivity contribution in [3.63, 3.8) is 0 Å². The minimum absolute atomic E-state index is 0.140. The van der Waals surface area contributed by atoms with E-state index in [-0.39, 0.29) is 34.8 Å². The van der Waals surface area contributed by atoms with Gasteiger partial charge in [0.15, 0.2) is 0 Å². The molecule has 43 heavy (non-hydrogen) atoms. The fraction of sp³-hybridized carbons (Fsp3) is 0.233. The van der Waals surface area contributed by atoms with Crippen molar-refractivity contribution in [2.24, 2.45) is 0 Å². The molecule has 0 bridgehead atoms. The number of fused-ring (bicyclic) bond motifs is 1. The number of β-lactam (4-membered cyclic amide) rings is 1. The Morgan fingerprint density at radius 1 is 1.16 bits per heavy atom. The summed E-state index contributed by atoms with van der Waals surface area (Å²) in [5, 5.41) is 12.1. The van der Waals surface area contributed by atoms with E-state index in [1.54, 1.807) is 41.8 Å². The van der Waals surface area contributed by atoms with Gasteiger partial charge >= 0.3 is 5.97 Å². The topological polar surface area (TPSA) is 136 Å². The van der Waals surface area contributed by atoms with Crippen LogP contribution in [0.3, 0.4) is 0 Å². The zero-order valence-electron chi connectivity index (χ0n) is 22.8. The van der Waals surface area contributed by atoms with Crippen molar-refractivity contribution in [1.29, 1.82) is 0 Å². The Hall–Kier alpha value is -4.36. The number of aliphatic carboxylic acids is 1. The number of benzene rings is 2. The first-order valence-electron chi connectivity index (χ1n) is 13.4. The molecule has 3 aliphatic rings. The second-order valence-corrected chi connectivity index (χ2v) is 11.9. The number of nitrogens with one attached hydrogen (secondary N) is 2. The van der Waals surface area contributed by atoms with Gasteiger partial charge in [0.25, 0.3) is 5.91 Å². The highest BCUT2D eigenvalue weighted by Crippen LogP contribution is 2.41. The van der Waals surface area contributed by atoms with Crippen LogP contribution in [-0.2, 0) is 25.7 Å². The highest BCUT2D eigenvalue weighted by Gasteiger charge is 2.54. The van der Waals surface area contributed by atoms with E-state index in [1.165, 1.54) is 40.6 Å². The first-order chi connectivity index (χ1) is 20.8. The second-order valence-electron chi connectivity index (χ2n) is 9.77. The summed E-state index contributed by atoms with van der Waals surface area (Å²) in [5.41, 5.74) is 1.50. The van der Waals surface area contributed by atoms with E-state index in [9.17, 15) is 28.7 Å². The SMILES string of the molecule is O=C(CSc1ccccc1)N[C@@H]1C(=O)N2C(C(=O)O)=C(/C=C3\CCN(Cc4ccc(F)cc4)C3=O)CS[C@H]12.c1c[nH]cn1. The molecule has 3 amide bonds. The number of hydrogen-bond donors (Lipinski definition) is 3. The minimum Gasteiger partial charge on any atom is -0.477 e. The highest BCUT2D eigenvalue weighted by molar-refractivity contribution is 8.00. The average Bonchev–Trinajstić information content (AvgIpc) is 3.71. The van der Waals surface area contributed by atoms with E-state index in [0.29, 0.717) is 30.7 Å². The van der Waals surface area contributed by atoms with Gasteiger partial charge in [-0.25, -0.2) is 14.2 Å². The van der Waals surface area contributed by atoms with Crippen LogP contribution < -0.4 is 5.32 Å². The number of carboxylic acids is 1. The molecule has 0 aliphatic carbocycles. The smallest absolute Gasteiger partial charge is 0.352 e. The Morgan fingerprint density at radius 3 is 2.58 bits per heavy atom. The predicted molar refractivity (Wildman–Crippen MR) is 160 cm³/mol. The van der Waals surface area contributed by atoms with Crippen LogP contribution in [0.5, 0.6) is 0 Å². The van der Waals surface area contributed by atoms with Gasteiger partial charge in [-0.3, -0.25) is 19.3 Å². The molecule has 0 radical (unpaired) electrons. The molecular weight excluding hydrogens is 593 g/mol. The number of aromatic nitrogens is 2. The van der Waals surface area contributed by atoms with E-state index in [2.05, 4.69) is 15.3 Å². The predicted octanol–water partition coefficient (Wildman–Crippen LogP) is 3.43. The number of hydrogen-bond acceptors (Lipinski definition) is 7. The average molecular weight is 622 g/mol. The van der Waals surface area contributed by atoms with Crippen molar-refractivity contribution < 1.29 is 28.7 Å². The van der Waals surface area contributed by atoms with Gasteiger partial charge in [-0.1, -0.05) is 30.3 Å². The van der Waals surface area contributed by atoms with Crippen LogP contribution in [0.1, 0.15) is 12.0 Å². The number of allylic oxidation sites excluding steroid dienone is 1. The molecule has 0 saturated carbocycles. The lowest BCUT2D eigenvalue weighted by Crippen LogP contribution is -2.70. The third-order valence-electron chi connectivity index (χ3n) is 6.88. The minimum atomic E-state index is -1.26. The number of thioether (sulfide) groups is 2. The third kappa shape index (κ3) is 7.17. The number of halogens is 1. The zero-order chi connectivity index (χ0) is 30.3. The highest BCUT2D eigenvalue weighted by atomic mass is 32.2. The Balaban J connectivity index is 0.000000668. The summed E-state index contributed by atoms with van der Waals surface area (Å²) >= 11 is 2.71. The first kappa shape index (κ1) is 30.1. The van der Waals surface area contributed by atoms with Crippen LogP contribution in [0.2, 0.25) is 0 Å². The number of carbonyl (C=O) groups is 4. The van der Waals surface area contributed by atoms with Crippen molar-refractivity contribution in [3.8, 4) is 0 Å². The van der Waals surface area contributed by atoms with Crippen molar-refractivity contribution in [2.45, 2.75) is 29.3 Å². The Labute approximate surface area is 255 Å². The Kier molecular flexibility index (Phi) is 9.62. The summed E-state index contributed by atoms with van der Waals surface area (Å²) in [5.74, 6) is -2.18. The number of nitrogens with zero attached hydrogens (tertiary/aromatic N) is 3. The van der Waals surface area contributed by atoms with E-state index in [1.807, 2.05) is 30.3 Å². The number of carboxylic acid groups (broad SMARTS) is 1. The van der Waals surface area contributed by atoms with Crippen molar-refractivity contribution in [1.82, 2.24) is 25.1 Å². The van der Waals surface area contributed by atoms with E-state index in [0.717, 1.165) is 10.5 Å². The van der Waals surface area contributed by atoms with Crippen LogP contribution in [0, 0.1) is 5.82 Å². The third-order valence-corrected chi connectivity index (χ3v) is 9.20. The fourth-order valence-corrected chi connectivity index (χ4v) is 6.86. The normalized spacial score (nSPS) is 20.3. The van der Waals surface area contributed by atoms with E-state index in [4.69, 9.17) is 0 Å². The van der Waals surface area contributed by atoms with E-state index >= 15 is 0 Å². The molecule has 2 saturated heterocycles. The number of likely N-dealkylation sites (tertiary alicyclic amines) is 1. The maximum atomic E-state index is 13.2. The first-order valence-corrected chi connectivity index (χ1v) is 15.4. The molecule has 222 valence electrons. The van der Waals surface area contributed by atoms with Gasteiger partial charge in [0.05, 0.1) is 12.1 Å². The van der Waals surface area contributed by atoms with Crippen LogP contribution >= 0.6 is 23.5 Å². The molecule has 3 N–H and O–H groups in total. The lowest BCUT2D eigenvalue weighted by atomic mass is 10.0. The molecule has 1 aromatic heterocycles. The molecule has 2 fully saturated rings. The lowest BCUT2D eigenvalue weighted by molar-refractivity contribution is -0.150. The number of aromatic amines is 1. The zero-order valence-corrected chi connectivity index (χ0v) is 24.4. The summed E-state index contributed by atoms with van der Waals surface area (Å²) in [4.78, 5) is 60.7. The monoisotopic (exact) mass is 621 g/mol. The maximum Gasteiger partial charge on any atom is 0.352 e. The molecule has 0 unspecified atom stereocenters. The molecular formula is C30H28FN5O5S2. The summed E-state index contributed by atoms with van der Waals surface area (Å²) in [6, 6.07) is 14.5. The van der Waals surface area contributed by atoms with Crippen LogP contribution in [0.15, 0.2) is 101 Å². The molecule has 4 heterocycles. The van der Waals surface area contributed by atoms with Crippen molar-refractivity contribution in [3.05, 3.63) is 108 Å². The number of rotatable bonds is 8. The molecule has 6 rings (SSSR count). The summed E-state index contributed by atoms with van der Waals surface area (Å²) in [6.45, 7) is 0.790. The molecule has 10 nitrogen and oxygen atoms in total. The van der Waals surface area contributed by atoms with E-state index < -0.39 is 23.3 Å². The quantitative estimate of drug-likeness (QED) is 0.198.